The van der Waals surface area contributed by atoms with Crippen LogP contribution in [0.5, 0.6) is 11.5 Å². The van der Waals surface area contributed by atoms with E-state index >= 15 is 0 Å². The van der Waals surface area contributed by atoms with Crippen molar-refractivity contribution in [1.29, 1.82) is 5.26 Å². The molecule has 0 amide bonds. The molecular formula is C16H12N4O. The number of rotatable bonds is 3. The molecule has 0 aliphatic heterocycles. The van der Waals surface area contributed by atoms with Gasteiger partial charge in [0.2, 0.25) is 0 Å². The molecular weight excluding hydrogens is 264 g/mol. The summed E-state index contributed by atoms with van der Waals surface area (Å²) >= 11 is 0. The molecule has 0 aliphatic carbocycles. The minimum Gasteiger partial charge on any atom is -0.455 e. The molecule has 2 aromatic carbocycles. The van der Waals surface area contributed by atoms with Gasteiger partial charge in [0.1, 0.15) is 17.3 Å². The van der Waals surface area contributed by atoms with Crippen LogP contribution in [0, 0.1) is 11.3 Å². The molecule has 3 aromatic rings. The predicted octanol–water partition coefficient (Wildman–Crippen LogP) is 3.18. The Labute approximate surface area is 121 Å². The number of ether oxygens (including phenoxy) is 1. The van der Waals surface area contributed by atoms with Crippen molar-refractivity contribution in [3.63, 3.8) is 0 Å². The van der Waals surface area contributed by atoms with Crippen LogP contribution in [-0.2, 0) is 0 Å². The molecule has 0 spiro atoms. The molecule has 21 heavy (non-hydrogen) atoms. The van der Waals surface area contributed by atoms with E-state index in [1.807, 2.05) is 48.5 Å². The van der Waals surface area contributed by atoms with E-state index in [0.717, 1.165) is 11.1 Å². The second kappa shape index (κ2) is 5.49. The highest BCUT2D eigenvalue weighted by molar-refractivity contribution is 5.97. The number of hydrogen-bond acceptors (Lipinski definition) is 5. The number of aromatic nitrogens is 1. The molecule has 1 aromatic heterocycles. The summed E-state index contributed by atoms with van der Waals surface area (Å²) < 4.78 is 5.85. The van der Waals surface area contributed by atoms with Crippen LogP contribution in [-0.4, -0.2) is 4.98 Å². The van der Waals surface area contributed by atoms with Gasteiger partial charge < -0.3 is 10.2 Å². The summed E-state index contributed by atoms with van der Waals surface area (Å²) in [5.41, 5.74) is 4.14. The SMILES string of the molecule is N#Cc1cnc2c(Oc3ccccc3)cccc2c1NN. The third-order valence-electron chi connectivity index (χ3n) is 3.10. The highest BCUT2D eigenvalue weighted by atomic mass is 16.5. The summed E-state index contributed by atoms with van der Waals surface area (Å²) in [4.78, 5) is 4.31. The molecule has 5 nitrogen and oxygen atoms in total. The van der Waals surface area contributed by atoms with Gasteiger partial charge in [-0.2, -0.15) is 5.26 Å². The summed E-state index contributed by atoms with van der Waals surface area (Å²) in [6.07, 6.45) is 1.48. The summed E-state index contributed by atoms with van der Waals surface area (Å²) in [5, 5.41) is 9.84. The van der Waals surface area contributed by atoms with Gasteiger partial charge in [0, 0.05) is 11.6 Å². The number of anilines is 1. The van der Waals surface area contributed by atoms with Crippen LogP contribution in [0.25, 0.3) is 10.9 Å². The fraction of sp³-hybridized carbons (Fsp3) is 0. The van der Waals surface area contributed by atoms with Crippen molar-refractivity contribution in [1.82, 2.24) is 4.98 Å². The monoisotopic (exact) mass is 276 g/mol. The van der Waals surface area contributed by atoms with Crippen molar-refractivity contribution in [3.05, 3.63) is 60.3 Å². The van der Waals surface area contributed by atoms with Crippen LogP contribution in [0.4, 0.5) is 5.69 Å². The Kier molecular flexibility index (Phi) is 3.37. The molecule has 102 valence electrons. The van der Waals surface area contributed by atoms with Crippen molar-refractivity contribution < 1.29 is 4.74 Å². The molecule has 0 radical (unpaired) electrons. The third kappa shape index (κ3) is 2.36. The molecule has 3 rings (SSSR count). The standard InChI is InChI=1S/C16H12N4O/c17-9-11-10-19-16-13(15(11)20-18)7-4-8-14(16)21-12-5-2-1-3-6-12/h1-8,10H,18H2,(H,19,20). The first kappa shape index (κ1) is 12.9. The lowest BCUT2D eigenvalue weighted by atomic mass is 10.1. The molecule has 0 unspecified atom stereocenters. The lowest BCUT2D eigenvalue weighted by molar-refractivity contribution is 0.487. The molecule has 0 aliphatic rings. The normalized spacial score (nSPS) is 10.1. The molecule has 0 fully saturated rings. The number of nitrogen functional groups attached to an aromatic ring is 1. The number of nitrogens with one attached hydrogen (secondary N) is 1. The van der Waals surface area contributed by atoms with Gasteiger partial charge in [0.15, 0.2) is 5.75 Å². The van der Waals surface area contributed by atoms with Gasteiger partial charge in [-0.1, -0.05) is 30.3 Å². The van der Waals surface area contributed by atoms with Gasteiger partial charge in [-0.15, -0.1) is 0 Å². The zero-order valence-corrected chi connectivity index (χ0v) is 11.1. The number of nitrogens with zero attached hydrogens (tertiary/aromatic N) is 2. The number of para-hydroxylation sites is 2. The first-order valence-electron chi connectivity index (χ1n) is 6.35. The second-order valence-corrected chi connectivity index (χ2v) is 4.37. The molecule has 0 saturated carbocycles. The zero-order valence-electron chi connectivity index (χ0n) is 11.1. The lowest BCUT2D eigenvalue weighted by Crippen LogP contribution is -2.09. The number of nitrogens with two attached hydrogens (primary N) is 1. The zero-order chi connectivity index (χ0) is 14.7. The Morgan fingerprint density at radius 1 is 1.10 bits per heavy atom. The van der Waals surface area contributed by atoms with Crippen molar-refractivity contribution >= 4 is 16.6 Å². The van der Waals surface area contributed by atoms with E-state index in [-0.39, 0.29) is 0 Å². The van der Waals surface area contributed by atoms with Crippen molar-refractivity contribution in [3.8, 4) is 17.6 Å². The van der Waals surface area contributed by atoms with E-state index in [4.69, 9.17) is 15.8 Å². The minimum atomic E-state index is 0.391. The highest BCUT2D eigenvalue weighted by Crippen LogP contribution is 2.33. The fourth-order valence-electron chi connectivity index (χ4n) is 2.13. The second-order valence-electron chi connectivity index (χ2n) is 4.37. The van der Waals surface area contributed by atoms with Crippen LogP contribution in [0.15, 0.2) is 54.7 Å². The van der Waals surface area contributed by atoms with Crippen LogP contribution in [0.3, 0.4) is 0 Å². The highest BCUT2D eigenvalue weighted by Gasteiger charge is 2.11. The van der Waals surface area contributed by atoms with Gasteiger partial charge >= 0.3 is 0 Å². The van der Waals surface area contributed by atoms with E-state index in [0.29, 0.717) is 22.5 Å². The number of nitriles is 1. The van der Waals surface area contributed by atoms with Crippen LogP contribution < -0.4 is 16.0 Å². The Morgan fingerprint density at radius 3 is 2.62 bits per heavy atom. The largest absolute Gasteiger partial charge is 0.455 e. The summed E-state index contributed by atoms with van der Waals surface area (Å²) in [6, 6.07) is 17.0. The van der Waals surface area contributed by atoms with E-state index in [9.17, 15) is 0 Å². The summed E-state index contributed by atoms with van der Waals surface area (Å²) in [5.74, 6) is 6.86. The molecule has 0 bridgehead atoms. The van der Waals surface area contributed by atoms with Gasteiger partial charge in [-0.25, -0.2) is 0 Å². The Bertz CT molecular complexity index is 825. The molecule has 3 N–H and O–H groups in total. The average Bonchev–Trinajstić information content (AvgIpc) is 2.55. The Morgan fingerprint density at radius 2 is 1.90 bits per heavy atom. The number of hydrazine groups is 1. The van der Waals surface area contributed by atoms with Gasteiger partial charge in [0.05, 0.1) is 11.3 Å². The number of fused-ring (bicyclic) bond motifs is 1. The van der Waals surface area contributed by atoms with Crippen LogP contribution in [0.2, 0.25) is 0 Å². The number of hydrogen-bond donors (Lipinski definition) is 2. The first-order valence-corrected chi connectivity index (χ1v) is 6.35. The van der Waals surface area contributed by atoms with Gasteiger partial charge in [-0.3, -0.25) is 10.8 Å². The van der Waals surface area contributed by atoms with E-state index < -0.39 is 0 Å². The average molecular weight is 276 g/mol. The van der Waals surface area contributed by atoms with Crippen LogP contribution in [0.1, 0.15) is 5.56 Å². The maximum Gasteiger partial charge on any atom is 0.153 e. The third-order valence-corrected chi connectivity index (χ3v) is 3.10. The smallest absolute Gasteiger partial charge is 0.153 e. The fourth-order valence-corrected chi connectivity index (χ4v) is 2.13. The minimum absolute atomic E-state index is 0.391. The summed E-state index contributed by atoms with van der Waals surface area (Å²) in [7, 11) is 0. The van der Waals surface area contributed by atoms with Crippen molar-refractivity contribution in [2.45, 2.75) is 0 Å². The summed E-state index contributed by atoms with van der Waals surface area (Å²) in [6.45, 7) is 0. The quantitative estimate of drug-likeness (QED) is 0.567. The van der Waals surface area contributed by atoms with Crippen molar-refractivity contribution in [2.75, 3.05) is 5.43 Å². The van der Waals surface area contributed by atoms with Crippen molar-refractivity contribution in [2.24, 2.45) is 5.84 Å². The maximum absolute atomic E-state index is 9.10. The number of pyridine rings is 1. The Balaban J connectivity index is 2.15. The molecule has 0 atom stereocenters. The van der Waals surface area contributed by atoms with E-state index in [1.165, 1.54) is 6.20 Å². The molecule has 5 heteroatoms. The predicted molar refractivity (Wildman–Crippen MR) is 80.8 cm³/mol. The molecule has 0 saturated heterocycles. The van der Waals surface area contributed by atoms with Gasteiger partial charge in [-0.05, 0) is 18.2 Å². The topological polar surface area (TPSA) is 84.0 Å². The number of benzene rings is 2. The Hall–Kier alpha value is -3.10. The van der Waals surface area contributed by atoms with Crippen LogP contribution >= 0.6 is 0 Å². The lowest BCUT2D eigenvalue weighted by Gasteiger charge is -2.11. The maximum atomic E-state index is 9.10. The van der Waals surface area contributed by atoms with Gasteiger partial charge in [0.25, 0.3) is 0 Å². The molecule has 1 heterocycles. The van der Waals surface area contributed by atoms with E-state index in [2.05, 4.69) is 16.5 Å². The first-order chi connectivity index (χ1) is 10.3. The van der Waals surface area contributed by atoms with E-state index in [1.54, 1.807) is 0 Å².